The Labute approximate surface area is 157 Å². The molecule has 0 saturated heterocycles. The number of fused-ring (bicyclic) bond motifs is 1. The van der Waals surface area contributed by atoms with Gasteiger partial charge < -0.3 is 4.74 Å². The maximum atomic E-state index is 12.4. The summed E-state index contributed by atoms with van der Waals surface area (Å²) in [6.07, 6.45) is 4.80. The molecular formula is C19H18N4O3S. The predicted octanol–water partition coefficient (Wildman–Crippen LogP) is 2.75. The van der Waals surface area contributed by atoms with Crippen LogP contribution in [0.3, 0.4) is 0 Å². The first-order valence-electron chi connectivity index (χ1n) is 8.39. The standard InChI is InChI=1S/C19H18N4O3S/c1-26-18-9-4-3-6-13(18)16-12-17(23(22-16)27(2,24)25)14-7-5-8-15-19(14)21-11-10-20-15/h3-11,17H,12H2,1-2H3. The molecule has 1 atom stereocenters. The minimum atomic E-state index is -3.57. The summed E-state index contributed by atoms with van der Waals surface area (Å²) in [4.78, 5) is 8.73. The summed E-state index contributed by atoms with van der Waals surface area (Å²) in [5.41, 5.74) is 3.61. The third-order valence-corrected chi connectivity index (χ3v) is 5.53. The van der Waals surface area contributed by atoms with Crippen LogP contribution in [0, 0.1) is 0 Å². The molecular weight excluding hydrogens is 364 g/mol. The van der Waals surface area contributed by atoms with Gasteiger partial charge in [-0.2, -0.15) is 9.52 Å². The molecule has 1 aliphatic rings. The summed E-state index contributed by atoms with van der Waals surface area (Å²) in [5, 5.41) is 4.44. The number of aromatic nitrogens is 2. The van der Waals surface area contributed by atoms with E-state index in [1.165, 1.54) is 0 Å². The fourth-order valence-electron chi connectivity index (χ4n) is 3.36. The summed E-state index contributed by atoms with van der Waals surface area (Å²) < 4.78 is 31.5. The highest BCUT2D eigenvalue weighted by atomic mass is 32.2. The van der Waals surface area contributed by atoms with Gasteiger partial charge in [-0.1, -0.05) is 24.3 Å². The number of nitrogens with zero attached hydrogens (tertiary/aromatic N) is 4. The Kier molecular flexibility index (Phi) is 4.27. The van der Waals surface area contributed by atoms with Crippen molar-refractivity contribution in [3.8, 4) is 5.75 Å². The summed E-state index contributed by atoms with van der Waals surface area (Å²) in [7, 11) is -1.99. The van der Waals surface area contributed by atoms with Crippen molar-refractivity contribution >= 4 is 26.8 Å². The molecule has 4 rings (SSSR count). The average molecular weight is 382 g/mol. The second-order valence-electron chi connectivity index (χ2n) is 6.27. The minimum Gasteiger partial charge on any atom is -0.496 e. The zero-order chi connectivity index (χ0) is 19.0. The quantitative estimate of drug-likeness (QED) is 0.693. The van der Waals surface area contributed by atoms with Crippen molar-refractivity contribution in [3.63, 3.8) is 0 Å². The van der Waals surface area contributed by atoms with Gasteiger partial charge in [-0.05, 0) is 18.2 Å². The highest BCUT2D eigenvalue weighted by Crippen LogP contribution is 2.38. The van der Waals surface area contributed by atoms with E-state index in [-0.39, 0.29) is 0 Å². The maximum absolute atomic E-state index is 12.4. The van der Waals surface area contributed by atoms with Crippen LogP contribution in [0.25, 0.3) is 11.0 Å². The van der Waals surface area contributed by atoms with Crippen LogP contribution >= 0.6 is 0 Å². The second-order valence-corrected chi connectivity index (χ2v) is 8.11. The molecule has 0 aliphatic carbocycles. The van der Waals surface area contributed by atoms with Gasteiger partial charge in [0.2, 0.25) is 10.0 Å². The molecule has 7 nitrogen and oxygen atoms in total. The second kappa shape index (κ2) is 6.62. The third kappa shape index (κ3) is 3.12. The Morgan fingerprint density at radius 3 is 2.63 bits per heavy atom. The molecule has 0 fully saturated rings. The number of ether oxygens (including phenoxy) is 1. The summed E-state index contributed by atoms with van der Waals surface area (Å²) in [6, 6.07) is 12.6. The van der Waals surface area contributed by atoms with E-state index in [4.69, 9.17) is 4.74 Å². The lowest BCUT2D eigenvalue weighted by Crippen LogP contribution is -2.26. The lowest BCUT2D eigenvalue weighted by atomic mass is 9.97. The summed E-state index contributed by atoms with van der Waals surface area (Å²) in [5.74, 6) is 0.656. The summed E-state index contributed by atoms with van der Waals surface area (Å²) >= 11 is 0. The van der Waals surface area contributed by atoms with E-state index in [1.54, 1.807) is 19.5 Å². The Bertz CT molecular complexity index is 1140. The van der Waals surface area contributed by atoms with Crippen LogP contribution in [0.4, 0.5) is 0 Å². The highest BCUT2D eigenvalue weighted by Gasteiger charge is 2.36. The van der Waals surface area contributed by atoms with Gasteiger partial charge >= 0.3 is 0 Å². The van der Waals surface area contributed by atoms with Gasteiger partial charge in [0.15, 0.2) is 0 Å². The first kappa shape index (κ1) is 17.4. The molecule has 0 saturated carbocycles. The van der Waals surface area contributed by atoms with E-state index >= 15 is 0 Å². The highest BCUT2D eigenvalue weighted by molar-refractivity contribution is 7.88. The normalized spacial score (nSPS) is 17.2. The van der Waals surface area contributed by atoms with Crippen LogP contribution in [0.15, 0.2) is 60.0 Å². The molecule has 0 spiro atoms. The number of para-hydroxylation sites is 2. The van der Waals surface area contributed by atoms with Gasteiger partial charge in [0.05, 0.1) is 36.2 Å². The molecule has 138 valence electrons. The molecule has 1 aliphatic heterocycles. The first-order chi connectivity index (χ1) is 13.0. The van der Waals surface area contributed by atoms with Gasteiger partial charge in [-0.15, -0.1) is 0 Å². The molecule has 0 amide bonds. The molecule has 27 heavy (non-hydrogen) atoms. The van der Waals surface area contributed by atoms with Crippen molar-refractivity contribution in [2.75, 3.05) is 13.4 Å². The number of hydrogen-bond donors (Lipinski definition) is 0. The molecule has 0 bridgehead atoms. The van der Waals surface area contributed by atoms with Gasteiger partial charge in [-0.3, -0.25) is 9.97 Å². The molecule has 1 aromatic heterocycles. The van der Waals surface area contributed by atoms with E-state index in [2.05, 4.69) is 15.1 Å². The average Bonchev–Trinajstić information content (AvgIpc) is 3.13. The zero-order valence-corrected chi connectivity index (χ0v) is 15.7. The Hall–Kier alpha value is -3.00. The molecule has 1 unspecified atom stereocenters. The summed E-state index contributed by atoms with van der Waals surface area (Å²) in [6.45, 7) is 0. The van der Waals surface area contributed by atoms with Crippen molar-refractivity contribution in [2.24, 2.45) is 5.10 Å². The van der Waals surface area contributed by atoms with Crippen LogP contribution < -0.4 is 4.74 Å². The first-order valence-corrected chi connectivity index (χ1v) is 10.2. The molecule has 0 N–H and O–H groups in total. The molecule has 2 heterocycles. The van der Waals surface area contributed by atoms with E-state index in [1.807, 2.05) is 42.5 Å². The Morgan fingerprint density at radius 2 is 1.85 bits per heavy atom. The molecule has 0 radical (unpaired) electrons. The van der Waals surface area contributed by atoms with E-state index < -0.39 is 16.1 Å². The zero-order valence-electron chi connectivity index (χ0n) is 14.9. The van der Waals surface area contributed by atoms with Crippen molar-refractivity contribution < 1.29 is 13.2 Å². The van der Waals surface area contributed by atoms with Crippen LogP contribution in [-0.2, 0) is 10.0 Å². The Morgan fingerprint density at radius 1 is 1.07 bits per heavy atom. The van der Waals surface area contributed by atoms with Gasteiger partial charge in [0, 0.05) is 29.9 Å². The van der Waals surface area contributed by atoms with E-state index in [0.29, 0.717) is 28.9 Å². The topological polar surface area (TPSA) is 84.8 Å². The van der Waals surface area contributed by atoms with Crippen LogP contribution in [0.2, 0.25) is 0 Å². The molecule has 2 aromatic carbocycles. The van der Waals surface area contributed by atoms with Gasteiger partial charge in [-0.25, -0.2) is 8.42 Å². The monoisotopic (exact) mass is 382 g/mol. The fraction of sp³-hybridized carbons (Fsp3) is 0.211. The number of rotatable bonds is 4. The molecule has 3 aromatic rings. The van der Waals surface area contributed by atoms with E-state index in [9.17, 15) is 8.42 Å². The lowest BCUT2D eigenvalue weighted by molar-refractivity contribution is 0.376. The van der Waals surface area contributed by atoms with Crippen molar-refractivity contribution in [3.05, 3.63) is 66.0 Å². The van der Waals surface area contributed by atoms with Crippen LogP contribution in [0.1, 0.15) is 23.6 Å². The van der Waals surface area contributed by atoms with Gasteiger partial charge in [0.1, 0.15) is 5.75 Å². The third-order valence-electron chi connectivity index (χ3n) is 4.52. The minimum absolute atomic E-state index is 0.420. The molecule has 8 heteroatoms. The van der Waals surface area contributed by atoms with Gasteiger partial charge in [0.25, 0.3) is 0 Å². The van der Waals surface area contributed by atoms with Crippen molar-refractivity contribution in [1.29, 1.82) is 0 Å². The SMILES string of the molecule is COc1ccccc1C1=NN(S(C)(=O)=O)C(c2cccc3nccnc23)C1. The van der Waals surface area contributed by atoms with Crippen molar-refractivity contribution in [1.82, 2.24) is 14.4 Å². The van der Waals surface area contributed by atoms with Crippen molar-refractivity contribution in [2.45, 2.75) is 12.5 Å². The van der Waals surface area contributed by atoms with Crippen LogP contribution in [-0.4, -0.2) is 41.9 Å². The predicted molar refractivity (Wildman–Crippen MR) is 103 cm³/mol. The fourth-order valence-corrected chi connectivity index (χ4v) is 4.25. The smallest absolute Gasteiger partial charge is 0.247 e. The van der Waals surface area contributed by atoms with Crippen LogP contribution in [0.5, 0.6) is 5.75 Å². The number of sulfonamides is 1. The van der Waals surface area contributed by atoms with E-state index in [0.717, 1.165) is 21.8 Å². The number of hydrazone groups is 1. The lowest BCUT2D eigenvalue weighted by Gasteiger charge is -2.22. The number of hydrogen-bond acceptors (Lipinski definition) is 6. The Balaban J connectivity index is 1.85. The largest absolute Gasteiger partial charge is 0.496 e. The maximum Gasteiger partial charge on any atom is 0.247 e. The number of benzene rings is 2. The number of methoxy groups -OCH3 is 1.